The van der Waals surface area contributed by atoms with E-state index in [-0.39, 0.29) is 12.1 Å². The second-order valence-corrected chi connectivity index (χ2v) is 12.8. The maximum atomic E-state index is 12.6. The molecule has 0 heterocycles. The molecule has 0 aliphatic rings. The summed E-state index contributed by atoms with van der Waals surface area (Å²) in [6.45, 7) is 4.48. The fourth-order valence-electron chi connectivity index (χ4n) is 5.54. The van der Waals surface area contributed by atoms with Crippen LogP contribution in [0.3, 0.4) is 0 Å². The summed E-state index contributed by atoms with van der Waals surface area (Å²) in [7, 11) is 0. The zero-order valence-corrected chi connectivity index (χ0v) is 29.2. The Morgan fingerprint density at radius 1 is 0.500 bits per heavy atom. The SMILES string of the molecule is CCCCC/C=C\C/C=C\C/C=C\CCCCCCCCC(=O)OC(CCCCCC)CCCCCCCCCCC(=O)O. The minimum Gasteiger partial charge on any atom is -0.481 e. The van der Waals surface area contributed by atoms with Gasteiger partial charge in [0.05, 0.1) is 0 Å². The molecule has 1 unspecified atom stereocenters. The highest BCUT2D eigenvalue weighted by Gasteiger charge is 2.14. The number of carboxylic acid groups (broad SMARTS) is 1. The molecule has 0 amide bonds. The van der Waals surface area contributed by atoms with Crippen molar-refractivity contribution in [2.45, 2.75) is 206 Å². The van der Waals surface area contributed by atoms with Crippen molar-refractivity contribution >= 4 is 11.9 Å². The van der Waals surface area contributed by atoms with Crippen molar-refractivity contribution in [1.29, 1.82) is 0 Å². The van der Waals surface area contributed by atoms with E-state index < -0.39 is 5.97 Å². The first-order valence-corrected chi connectivity index (χ1v) is 19.0. The summed E-state index contributed by atoms with van der Waals surface area (Å²) in [5, 5.41) is 8.71. The van der Waals surface area contributed by atoms with Gasteiger partial charge in [-0.3, -0.25) is 9.59 Å². The van der Waals surface area contributed by atoms with Crippen LogP contribution in [0.1, 0.15) is 200 Å². The van der Waals surface area contributed by atoms with Gasteiger partial charge in [0.2, 0.25) is 0 Å². The van der Waals surface area contributed by atoms with Crippen LogP contribution in [0.15, 0.2) is 36.5 Å². The average molecular weight is 617 g/mol. The first-order valence-electron chi connectivity index (χ1n) is 19.0. The molecule has 0 aliphatic heterocycles. The molecule has 0 bridgehead atoms. The molecule has 0 rings (SSSR count). The highest BCUT2D eigenvalue weighted by Crippen LogP contribution is 2.18. The molecule has 0 fully saturated rings. The van der Waals surface area contributed by atoms with Crippen molar-refractivity contribution in [2.24, 2.45) is 0 Å². The normalized spacial score (nSPS) is 12.6. The fraction of sp³-hybridized carbons (Fsp3) is 0.800. The third-order valence-corrected chi connectivity index (χ3v) is 8.36. The van der Waals surface area contributed by atoms with Gasteiger partial charge in [-0.25, -0.2) is 0 Å². The number of esters is 1. The van der Waals surface area contributed by atoms with Gasteiger partial charge in [-0.2, -0.15) is 0 Å². The zero-order chi connectivity index (χ0) is 32.2. The minimum atomic E-state index is -0.684. The Morgan fingerprint density at radius 3 is 1.41 bits per heavy atom. The Hall–Kier alpha value is -1.84. The van der Waals surface area contributed by atoms with Crippen LogP contribution in [0.25, 0.3) is 0 Å². The van der Waals surface area contributed by atoms with Crippen molar-refractivity contribution in [2.75, 3.05) is 0 Å². The van der Waals surface area contributed by atoms with Crippen LogP contribution in [0, 0.1) is 0 Å². The molecular formula is C40H72O4. The van der Waals surface area contributed by atoms with Crippen LogP contribution in [-0.4, -0.2) is 23.1 Å². The summed E-state index contributed by atoms with van der Waals surface area (Å²) >= 11 is 0. The number of hydrogen-bond donors (Lipinski definition) is 1. The van der Waals surface area contributed by atoms with Crippen LogP contribution < -0.4 is 0 Å². The summed E-state index contributed by atoms with van der Waals surface area (Å²) in [6.07, 6.45) is 46.1. The van der Waals surface area contributed by atoms with Gasteiger partial charge in [0.25, 0.3) is 0 Å². The van der Waals surface area contributed by atoms with E-state index in [0.717, 1.165) is 70.6 Å². The second kappa shape index (κ2) is 35.6. The van der Waals surface area contributed by atoms with Crippen molar-refractivity contribution in [3.05, 3.63) is 36.5 Å². The molecule has 0 aromatic carbocycles. The van der Waals surface area contributed by atoms with Gasteiger partial charge in [-0.15, -0.1) is 0 Å². The molecule has 0 aliphatic carbocycles. The number of ether oxygens (including phenoxy) is 1. The predicted molar refractivity (Wildman–Crippen MR) is 190 cm³/mol. The lowest BCUT2D eigenvalue weighted by Crippen LogP contribution is -2.18. The van der Waals surface area contributed by atoms with Crippen LogP contribution in [0.4, 0.5) is 0 Å². The van der Waals surface area contributed by atoms with E-state index in [2.05, 4.69) is 50.3 Å². The van der Waals surface area contributed by atoms with E-state index in [1.54, 1.807) is 0 Å². The number of carbonyl (C=O) groups excluding carboxylic acids is 1. The highest BCUT2D eigenvalue weighted by molar-refractivity contribution is 5.69. The van der Waals surface area contributed by atoms with Crippen LogP contribution >= 0.6 is 0 Å². The molecule has 0 aromatic rings. The maximum absolute atomic E-state index is 12.6. The summed E-state index contributed by atoms with van der Waals surface area (Å²) in [4.78, 5) is 23.1. The molecule has 0 aromatic heterocycles. The van der Waals surface area contributed by atoms with Gasteiger partial charge < -0.3 is 9.84 Å². The molecule has 1 atom stereocenters. The summed E-state index contributed by atoms with van der Waals surface area (Å²) in [5.41, 5.74) is 0. The van der Waals surface area contributed by atoms with E-state index in [9.17, 15) is 9.59 Å². The van der Waals surface area contributed by atoms with E-state index in [4.69, 9.17) is 9.84 Å². The summed E-state index contributed by atoms with van der Waals surface area (Å²) in [6, 6.07) is 0. The van der Waals surface area contributed by atoms with Gasteiger partial charge in [0, 0.05) is 12.8 Å². The number of hydrogen-bond acceptors (Lipinski definition) is 3. The molecule has 0 saturated carbocycles. The lowest BCUT2D eigenvalue weighted by Gasteiger charge is -2.18. The number of aliphatic carboxylic acids is 1. The third-order valence-electron chi connectivity index (χ3n) is 8.36. The summed E-state index contributed by atoms with van der Waals surface area (Å²) in [5.74, 6) is -0.676. The average Bonchev–Trinajstić information content (AvgIpc) is 3.01. The summed E-state index contributed by atoms with van der Waals surface area (Å²) < 4.78 is 5.96. The highest BCUT2D eigenvalue weighted by atomic mass is 16.5. The fourth-order valence-corrected chi connectivity index (χ4v) is 5.54. The van der Waals surface area contributed by atoms with E-state index in [0.29, 0.717) is 12.8 Å². The number of unbranched alkanes of at least 4 members (excludes halogenated alkanes) is 19. The number of rotatable bonds is 34. The second-order valence-electron chi connectivity index (χ2n) is 12.8. The largest absolute Gasteiger partial charge is 0.481 e. The molecule has 0 radical (unpaired) electrons. The molecule has 1 N–H and O–H groups in total. The predicted octanol–water partition coefficient (Wildman–Crippen LogP) is 13.0. The van der Waals surface area contributed by atoms with E-state index in [1.807, 2.05) is 0 Å². The van der Waals surface area contributed by atoms with E-state index in [1.165, 1.54) is 103 Å². The molecule has 0 saturated heterocycles. The van der Waals surface area contributed by atoms with Gasteiger partial charge in [-0.05, 0) is 77.0 Å². The molecular weight excluding hydrogens is 544 g/mol. The Morgan fingerprint density at radius 2 is 0.886 bits per heavy atom. The van der Waals surface area contributed by atoms with Crippen LogP contribution in [0.5, 0.6) is 0 Å². The lowest BCUT2D eigenvalue weighted by molar-refractivity contribution is -0.150. The maximum Gasteiger partial charge on any atom is 0.306 e. The molecule has 256 valence electrons. The molecule has 0 spiro atoms. The number of allylic oxidation sites excluding steroid dienone is 6. The Labute approximate surface area is 273 Å². The van der Waals surface area contributed by atoms with Crippen molar-refractivity contribution in [3.63, 3.8) is 0 Å². The van der Waals surface area contributed by atoms with Crippen LogP contribution in [-0.2, 0) is 14.3 Å². The number of carbonyl (C=O) groups is 2. The Kier molecular flexibility index (Phi) is 34.1. The smallest absolute Gasteiger partial charge is 0.306 e. The molecule has 4 nitrogen and oxygen atoms in total. The van der Waals surface area contributed by atoms with E-state index >= 15 is 0 Å². The van der Waals surface area contributed by atoms with Crippen molar-refractivity contribution < 1.29 is 19.4 Å². The van der Waals surface area contributed by atoms with Gasteiger partial charge in [0.15, 0.2) is 0 Å². The van der Waals surface area contributed by atoms with Crippen LogP contribution in [0.2, 0.25) is 0 Å². The quantitative estimate of drug-likeness (QED) is 0.0444. The van der Waals surface area contributed by atoms with Crippen molar-refractivity contribution in [3.8, 4) is 0 Å². The molecule has 44 heavy (non-hydrogen) atoms. The van der Waals surface area contributed by atoms with Gasteiger partial charge in [-0.1, -0.05) is 147 Å². The lowest BCUT2D eigenvalue weighted by atomic mass is 10.0. The minimum absolute atomic E-state index is 0.00837. The Balaban J connectivity index is 3.83. The number of carboxylic acids is 1. The molecule has 4 heteroatoms. The van der Waals surface area contributed by atoms with Crippen molar-refractivity contribution in [1.82, 2.24) is 0 Å². The zero-order valence-electron chi connectivity index (χ0n) is 29.2. The standard InChI is InChI=1S/C40H72O4/c1-3-5-7-9-10-11-12-13-14-15-16-17-18-19-20-21-26-29-33-37-40(43)44-38(34-30-8-6-4-2)35-31-27-24-22-23-25-28-32-36-39(41)42/h10-11,13-14,16-17,38H,3-9,12,15,18-37H2,1-2H3,(H,41,42)/b11-10-,14-13-,17-16-. The Bertz CT molecular complexity index is 708. The van der Waals surface area contributed by atoms with Gasteiger partial charge in [0.1, 0.15) is 6.10 Å². The first kappa shape index (κ1) is 42.2. The van der Waals surface area contributed by atoms with Gasteiger partial charge >= 0.3 is 11.9 Å². The first-order chi connectivity index (χ1) is 21.6. The monoisotopic (exact) mass is 617 g/mol. The topological polar surface area (TPSA) is 63.6 Å². The third kappa shape index (κ3) is 34.6.